The summed E-state index contributed by atoms with van der Waals surface area (Å²) in [4.78, 5) is 0. The van der Waals surface area contributed by atoms with Crippen LogP contribution in [-0.2, 0) is 0 Å². The monoisotopic (exact) mass is 372 g/mol. The van der Waals surface area contributed by atoms with Crippen molar-refractivity contribution in [1.82, 2.24) is 0 Å². The van der Waals surface area contributed by atoms with Gasteiger partial charge in [0, 0.05) is 10.8 Å². The second kappa shape index (κ2) is 7.37. The molecule has 2 nitrogen and oxygen atoms in total. The number of allylic oxidation sites excluding steroid dienone is 4. The molecule has 2 N–H and O–H groups in total. The predicted octanol–water partition coefficient (Wildman–Crippen LogP) is 5.98. The van der Waals surface area contributed by atoms with E-state index in [1.807, 2.05) is 12.2 Å². The molecule has 0 amide bonds. The van der Waals surface area contributed by atoms with Crippen LogP contribution in [0.3, 0.4) is 0 Å². The quantitative estimate of drug-likeness (QED) is 0.637. The van der Waals surface area contributed by atoms with E-state index in [9.17, 15) is 10.2 Å². The van der Waals surface area contributed by atoms with Gasteiger partial charge in [0.2, 0.25) is 0 Å². The van der Waals surface area contributed by atoms with Crippen LogP contribution in [0.1, 0.15) is 74.7 Å². The molecule has 0 radical (unpaired) electrons. The summed E-state index contributed by atoms with van der Waals surface area (Å²) in [5.74, 6) is 0. The molecular formula is C25H40O2. The highest BCUT2D eigenvalue weighted by Crippen LogP contribution is 2.60. The fourth-order valence-electron chi connectivity index (χ4n) is 4.79. The summed E-state index contributed by atoms with van der Waals surface area (Å²) in [6.45, 7) is 17.6. The molecule has 2 rings (SSSR count). The molecule has 0 aromatic heterocycles. The van der Waals surface area contributed by atoms with Crippen LogP contribution in [0.15, 0.2) is 47.6 Å². The molecule has 0 fully saturated rings. The Balaban J connectivity index is 2.71. The zero-order chi connectivity index (χ0) is 20.7. The van der Waals surface area contributed by atoms with Gasteiger partial charge in [-0.3, -0.25) is 0 Å². The molecule has 0 aromatic rings. The summed E-state index contributed by atoms with van der Waals surface area (Å²) in [5.41, 5.74) is 1.33. The SMILES string of the molecule is CCC1=CC(CC2(C(C)(C)C)C=C(CC)C=CC2O)(C(C)(C)C)C(O)C=C1. The van der Waals surface area contributed by atoms with E-state index in [4.69, 9.17) is 0 Å². The first-order valence-corrected chi connectivity index (χ1v) is 10.5. The third-order valence-corrected chi connectivity index (χ3v) is 7.12. The van der Waals surface area contributed by atoms with Gasteiger partial charge in [0.1, 0.15) is 0 Å². The normalized spacial score (nSPS) is 34.4. The molecule has 0 saturated carbocycles. The lowest BCUT2D eigenvalue weighted by molar-refractivity contribution is -0.0804. The van der Waals surface area contributed by atoms with E-state index >= 15 is 0 Å². The van der Waals surface area contributed by atoms with Gasteiger partial charge in [-0.25, -0.2) is 0 Å². The van der Waals surface area contributed by atoms with Gasteiger partial charge in [-0.2, -0.15) is 0 Å². The van der Waals surface area contributed by atoms with E-state index < -0.39 is 23.0 Å². The third kappa shape index (κ3) is 3.76. The van der Waals surface area contributed by atoms with Crippen molar-refractivity contribution in [1.29, 1.82) is 0 Å². The van der Waals surface area contributed by atoms with Crippen LogP contribution in [0.4, 0.5) is 0 Å². The molecule has 0 spiro atoms. The standard InChI is InChI=1S/C25H40O2/c1-9-18-11-13-20(26)24(15-18,22(3,4)5)17-25(23(6,7)8)16-19(10-2)12-14-21(25)27/h11-16,20-21,26-27H,9-10,17H2,1-8H3. The van der Waals surface area contributed by atoms with Gasteiger partial charge in [-0.05, 0) is 30.1 Å². The van der Waals surface area contributed by atoms with E-state index in [0.717, 1.165) is 12.8 Å². The van der Waals surface area contributed by atoms with Crippen LogP contribution in [0.25, 0.3) is 0 Å². The van der Waals surface area contributed by atoms with E-state index in [2.05, 4.69) is 79.7 Å². The maximum atomic E-state index is 11.2. The maximum absolute atomic E-state index is 11.2. The molecule has 0 saturated heterocycles. The molecule has 4 atom stereocenters. The average molecular weight is 373 g/mol. The fraction of sp³-hybridized carbons (Fsp3) is 0.680. The number of hydrogen-bond acceptors (Lipinski definition) is 2. The van der Waals surface area contributed by atoms with Gasteiger partial charge in [-0.15, -0.1) is 0 Å². The number of aliphatic hydroxyl groups excluding tert-OH is 2. The fourth-order valence-corrected chi connectivity index (χ4v) is 4.79. The minimum Gasteiger partial charge on any atom is -0.388 e. The summed E-state index contributed by atoms with van der Waals surface area (Å²) in [6.07, 6.45) is 14.1. The molecule has 0 bridgehead atoms. The highest BCUT2D eigenvalue weighted by Gasteiger charge is 2.56. The zero-order valence-corrected chi connectivity index (χ0v) is 18.6. The van der Waals surface area contributed by atoms with Crippen molar-refractivity contribution in [3.8, 4) is 0 Å². The van der Waals surface area contributed by atoms with Crippen LogP contribution in [0.5, 0.6) is 0 Å². The third-order valence-electron chi connectivity index (χ3n) is 7.12. The van der Waals surface area contributed by atoms with Crippen LogP contribution in [0, 0.1) is 21.7 Å². The smallest absolute Gasteiger partial charge is 0.0820 e. The molecule has 2 aliphatic carbocycles. The summed E-state index contributed by atoms with van der Waals surface area (Å²) in [6, 6.07) is 0. The topological polar surface area (TPSA) is 40.5 Å². The first-order valence-electron chi connectivity index (χ1n) is 10.5. The highest BCUT2D eigenvalue weighted by molar-refractivity contribution is 5.37. The molecule has 0 heterocycles. The predicted molar refractivity (Wildman–Crippen MR) is 115 cm³/mol. The van der Waals surface area contributed by atoms with Crippen molar-refractivity contribution in [3.05, 3.63) is 47.6 Å². The number of rotatable bonds is 4. The molecule has 0 aromatic carbocycles. The Kier molecular flexibility index (Phi) is 6.05. The summed E-state index contributed by atoms with van der Waals surface area (Å²) < 4.78 is 0. The lowest BCUT2D eigenvalue weighted by atomic mass is 9.48. The average Bonchev–Trinajstić information content (AvgIpc) is 2.56. The van der Waals surface area contributed by atoms with Gasteiger partial charge in [-0.1, -0.05) is 103 Å². The Labute approximate surface area is 166 Å². The molecule has 152 valence electrons. The Bertz CT molecular complexity index is 607. The van der Waals surface area contributed by atoms with Crippen molar-refractivity contribution < 1.29 is 10.2 Å². The van der Waals surface area contributed by atoms with Crippen molar-refractivity contribution in [2.24, 2.45) is 21.7 Å². The molecule has 2 aliphatic rings. The summed E-state index contributed by atoms with van der Waals surface area (Å²) in [5, 5.41) is 22.5. The Hall–Kier alpha value is -1.12. The van der Waals surface area contributed by atoms with E-state index in [1.54, 1.807) is 0 Å². The van der Waals surface area contributed by atoms with Crippen LogP contribution in [0.2, 0.25) is 0 Å². The zero-order valence-electron chi connectivity index (χ0n) is 18.6. The molecule has 2 heteroatoms. The van der Waals surface area contributed by atoms with Crippen molar-refractivity contribution in [2.45, 2.75) is 86.9 Å². The summed E-state index contributed by atoms with van der Waals surface area (Å²) >= 11 is 0. The molecule has 27 heavy (non-hydrogen) atoms. The Morgan fingerprint density at radius 1 is 0.741 bits per heavy atom. The first kappa shape index (κ1) is 22.2. The maximum Gasteiger partial charge on any atom is 0.0820 e. The van der Waals surface area contributed by atoms with E-state index in [0.29, 0.717) is 6.42 Å². The van der Waals surface area contributed by atoms with Crippen molar-refractivity contribution in [2.75, 3.05) is 0 Å². The number of hydrogen-bond donors (Lipinski definition) is 2. The van der Waals surface area contributed by atoms with Crippen LogP contribution >= 0.6 is 0 Å². The van der Waals surface area contributed by atoms with Crippen molar-refractivity contribution in [3.63, 3.8) is 0 Å². The van der Waals surface area contributed by atoms with Gasteiger partial charge in [0.05, 0.1) is 12.2 Å². The molecule has 0 aliphatic heterocycles. The van der Waals surface area contributed by atoms with Crippen molar-refractivity contribution >= 4 is 0 Å². The second-order valence-electron chi connectivity index (χ2n) is 10.5. The van der Waals surface area contributed by atoms with Gasteiger partial charge < -0.3 is 10.2 Å². The van der Waals surface area contributed by atoms with Gasteiger partial charge in [0.25, 0.3) is 0 Å². The van der Waals surface area contributed by atoms with E-state index in [-0.39, 0.29) is 10.8 Å². The van der Waals surface area contributed by atoms with Gasteiger partial charge in [0.15, 0.2) is 0 Å². The van der Waals surface area contributed by atoms with Crippen LogP contribution < -0.4 is 0 Å². The second-order valence-corrected chi connectivity index (χ2v) is 10.5. The Morgan fingerprint density at radius 2 is 1.07 bits per heavy atom. The lowest BCUT2D eigenvalue weighted by Gasteiger charge is -2.56. The molecule has 4 unspecified atom stereocenters. The van der Waals surface area contributed by atoms with Gasteiger partial charge >= 0.3 is 0 Å². The summed E-state index contributed by atoms with van der Waals surface area (Å²) in [7, 11) is 0. The number of aliphatic hydroxyl groups is 2. The van der Waals surface area contributed by atoms with Crippen LogP contribution in [-0.4, -0.2) is 22.4 Å². The lowest BCUT2D eigenvalue weighted by Crippen LogP contribution is -2.54. The highest BCUT2D eigenvalue weighted by atomic mass is 16.3. The Morgan fingerprint density at radius 3 is 1.33 bits per heavy atom. The molecular weight excluding hydrogens is 332 g/mol. The largest absolute Gasteiger partial charge is 0.388 e. The minimum atomic E-state index is -0.566. The first-order chi connectivity index (χ1) is 12.3. The minimum absolute atomic E-state index is 0.156. The van der Waals surface area contributed by atoms with E-state index in [1.165, 1.54) is 11.1 Å².